The standard InChI is InChI=1S/C24H51NO4Si/c1-26-20-12-8-6-10-14-22-28-24(16-18-25(19-17-24)30(3,4)5)29-23-15-11-7-9-13-21-27-2/h6-23H2,1-5H3. The maximum atomic E-state index is 6.44. The van der Waals surface area contributed by atoms with E-state index in [1.165, 1.54) is 51.4 Å². The van der Waals surface area contributed by atoms with E-state index in [0.717, 1.165) is 65.2 Å². The van der Waals surface area contributed by atoms with Gasteiger partial charge in [0.05, 0.1) is 13.2 Å². The second-order valence-corrected chi connectivity index (χ2v) is 14.8. The molecule has 1 saturated heterocycles. The highest BCUT2D eigenvalue weighted by Gasteiger charge is 2.39. The van der Waals surface area contributed by atoms with Gasteiger partial charge in [-0.05, 0) is 38.8 Å². The molecule has 30 heavy (non-hydrogen) atoms. The van der Waals surface area contributed by atoms with Crippen LogP contribution in [-0.4, -0.2) is 72.3 Å². The van der Waals surface area contributed by atoms with Gasteiger partial charge in [-0.1, -0.05) is 58.2 Å². The van der Waals surface area contributed by atoms with Crippen molar-refractivity contribution in [1.82, 2.24) is 4.57 Å². The van der Waals surface area contributed by atoms with Crippen LogP contribution in [0.4, 0.5) is 0 Å². The maximum absolute atomic E-state index is 6.44. The molecule has 180 valence electrons. The van der Waals surface area contributed by atoms with Gasteiger partial charge < -0.3 is 23.5 Å². The predicted octanol–water partition coefficient (Wildman–Crippen LogP) is 5.84. The van der Waals surface area contributed by atoms with E-state index in [2.05, 4.69) is 24.2 Å². The highest BCUT2D eigenvalue weighted by molar-refractivity contribution is 6.73. The van der Waals surface area contributed by atoms with E-state index in [1.807, 2.05) is 0 Å². The summed E-state index contributed by atoms with van der Waals surface area (Å²) in [5.41, 5.74) is 0. The van der Waals surface area contributed by atoms with Crippen molar-refractivity contribution < 1.29 is 18.9 Å². The van der Waals surface area contributed by atoms with Gasteiger partial charge in [-0.3, -0.25) is 0 Å². The van der Waals surface area contributed by atoms with Crippen molar-refractivity contribution in [1.29, 1.82) is 0 Å². The van der Waals surface area contributed by atoms with Crippen molar-refractivity contribution in [3.8, 4) is 0 Å². The third kappa shape index (κ3) is 12.8. The summed E-state index contributed by atoms with van der Waals surface area (Å²) in [5, 5.41) is 0. The number of rotatable bonds is 19. The van der Waals surface area contributed by atoms with Crippen LogP contribution < -0.4 is 0 Å². The Morgan fingerprint density at radius 1 is 0.600 bits per heavy atom. The Morgan fingerprint density at radius 2 is 0.967 bits per heavy atom. The molecular weight excluding hydrogens is 394 g/mol. The molecule has 0 radical (unpaired) electrons. The van der Waals surface area contributed by atoms with E-state index in [-0.39, 0.29) is 5.79 Å². The summed E-state index contributed by atoms with van der Waals surface area (Å²) in [7, 11) is 2.32. The Labute approximate surface area is 188 Å². The van der Waals surface area contributed by atoms with Crippen LogP contribution in [-0.2, 0) is 18.9 Å². The molecule has 0 saturated carbocycles. The zero-order chi connectivity index (χ0) is 22.1. The van der Waals surface area contributed by atoms with Gasteiger partial charge in [0.1, 0.15) is 8.24 Å². The fourth-order valence-electron chi connectivity index (χ4n) is 4.12. The Balaban J connectivity index is 2.32. The van der Waals surface area contributed by atoms with Crippen LogP contribution in [0.1, 0.15) is 77.0 Å². The van der Waals surface area contributed by atoms with Gasteiger partial charge >= 0.3 is 0 Å². The first kappa shape index (κ1) is 28.1. The fraction of sp³-hybridized carbons (Fsp3) is 1.00. The van der Waals surface area contributed by atoms with Gasteiger partial charge in [0.15, 0.2) is 5.79 Å². The monoisotopic (exact) mass is 445 g/mol. The van der Waals surface area contributed by atoms with Crippen LogP contribution in [0.25, 0.3) is 0 Å². The lowest BCUT2D eigenvalue weighted by Crippen LogP contribution is -2.55. The molecule has 1 aliphatic heterocycles. The van der Waals surface area contributed by atoms with Crippen LogP contribution >= 0.6 is 0 Å². The second kappa shape index (κ2) is 16.6. The van der Waals surface area contributed by atoms with E-state index in [0.29, 0.717) is 0 Å². The molecule has 0 aromatic heterocycles. The van der Waals surface area contributed by atoms with Crippen molar-refractivity contribution >= 4 is 8.24 Å². The Hall–Kier alpha value is 0.0169. The van der Waals surface area contributed by atoms with Gasteiger partial charge in [-0.25, -0.2) is 0 Å². The normalized spacial score (nSPS) is 17.5. The van der Waals surface area contributed by atoms with E-state index in [9.17, 15) is 0 Å². The fourth-order valence-corrected chi connectivity index (χ4v) is 5.69. The van der Waals surface area contributed by atoms with Gasteiger partial charge in [0.25, 0.3) is 0 Å². The van der Waals surface area contributed by atoms with E-state index in [1.54, 1.807) is 14.2 Å². The molecule has 6 heteroatoms. The second-order valence-electron chi connectivity index (χ2n) is 9.79. The van der Waals surface area contributed by atoms with Crippen LogP contribution in [0.5, 0.6) is 0 Å². The van der Waals surface area contributed by atoms with E-state index in [4.69, 9.17) is 18.9 Å². The highest BCUT2D eigenvalue weighted by atomic mass is 28.3. The predicted molar refractivity (Wildman–Crippen MR) is 129 cm³/mol. The Bertz CT molecular complexity index is 373. The maximum Gasteiger partial charge on any atom is 0.170 e. The van der Waals surface area contributed by atoms with Crippen molar-refractivity contribution in [3.05, 3.63) is 0 Å². The quantitative estimate of drug-likeness (QED) is 0.142. The Morgan fingerprint density at radius 3 is 1.33 bits per heavy atom. The summed E-state index contributed by atoms with van der Waals surface area (Å²) in [6.45, 7) is 13.0. The van der Waals surface area contributed by atoms with E-state index < -0.39 is 8.24 Å². The zero-order valence-corrected chi connectivity index (χ0v) is 21.8. The molecule has 0 amide bonds. The summed E-state index contributed by atoms with van der Waals surface area (Å²) >= 11 is 0. The average molecular weight is 446 g/mol. The van der Waals surface area contributed by atoms with Gasteiger partial charge in [0, 0.05) is 40.3 Å². The third-order valence-electron chi connectivity index (χ3n) is 6.19. The molecule has 0 bridgehead atoms. The summed E-state index contributed by atoms with van der Waals surface area (Å²) in [6.07, 6.45) is 14.2. The van der Waals surface area contributed by atoms with Crippen molar-refractivity contribution in [2.45, 2.75) is 102 Å². The number of piperidine rings is 1. The number of unbranched alkanes of at least 4 members (excludes halogenated alkanes) is 8. The Kier molecular flexibility index (Phi) is 15.5. The SMILES string of the molecule is COCCCCCCCOC1(OCCCCCCCOC)CCN([Si](C)(C)C)CC1. The molecule has 1 fully saturated rings. The van der Waals surface area contributed by atoms with Gasteiger partial charge in [-0.2, -0.15) is 0 Å². The van der Waals surface area contributed by atoms with Crippen molar-refractivity contribution in [2.75, 3.05) is 53.7 Å². The molecule has 0 atom stereocenters. The van der Waals surface area contributed by atoms with Crippen LogP contribution in [0.15, 0.2) is 0 Å². The molecule has 5 nitrogen and oxygen atoms in total. The largest absolute Gasteiger partial charge is 0.385 e. The summed E-state index contributed by atoms with van der Waals surface area (Å²) in [4.78, 5) is 0. The third-order valence-corrected chi connectivity index (χ3v) is 8.53. The molecular formula is C24H51NO4Si. The summed E-state index contributed by atoms with van der Waals surface area (Å²) in [5.74, 6) is -0.345. The topological polar surface area (TPSA) is 40.2 Å². The van der Waals surface area contributed by atoms with Crippen LogP contribution in [0, 0.1) is 0 Å². The molecule has 1 rings (SSSR count). The lowest BCUT2D eigenvalue weighted by molar-refractivity contribution is -0.255. The molecule has 0 aromatic carbocycles. The highest BCUT2D eigenvalue weighted by Crippen LogP contribution is 2.31. The number of ether oxygens (including phenoxy) is 4. The number of nitrogens with zero attached hydrogens (tertiary/aromatic N) is 1. The number of hydrogen-bond acceptors (Lipinski definition) is 5. The number of methoxy groups -OCH3 is 2. The zero-order valence-electron chi connectivity index (χ0n) is 20.8. The first-order valence-electron chi connectivity index (χ1n) is 12.4. The summed E-state index contributed by atoms with van der Waals surface area (Å²) in [6, 6.07) is 0. The molecule has 0 unspecified atom stereocenters. The van der Waals surface area contributed by atoms with Crippen molar-refractivity contribution in [3.63, 3.8) is 0 Å². The lowest BCUT2D eigenvalue weighted by Gasteiger charge is -2.45. The smallest absolute Gasteiger partial charge is 0.170 e. The van der Waals surface area contributed by atoms with Crippen molar-refractivity contribution in [2.24, 2.45) is 0 Å². The minimum absolute atomic E-state index is 0.345. The number of hydrogen-bond donors (Lipinski definition) is 0. The molecule has 1 aliphatic rings. The molecule has 0 aromatic rings. The van der Waals surface area contributed by atoms with Gasteiger partial charge in [0.2, 0.25) is 0 Å². The minimum atomic E-state index is -1.24. The van der Waals surface area contributed by atoms with E-state index >= 15 is 0 Å². The van der Waals surface area contributed by atoms with Gasteiger partial charge in [-0.15, -0.1) is 0 Å². The molecule has 0 N–H and O–H groups in total. The average Bonchev–Trinajstić information content (AvgIpc) is 2.72. The first-order valence-corrected chi connectivity index (χ1v) is 15.9. The summed E-state index contributed by atoms with van der Waals surface area (Å²) < 4.78 is 25.8. The molecule has 1 heterocycles. The van der Waals surface area contributed by atoms with Crippen LogP contribution in [0.2, 0.25) is 19.6 Å². The molecule has 0 aliphatic carbocycles. The minimum Gasteiger partial charge on any atom is -0.385 e. The molecule has 0 spiro atoms. The lowest BCUT2D eigenvalue weighted by atomic mass is 10.0. The first-order chi connectivity index (χ1) is 14.4. The van der Waals surface area contributed by atoms with Crippen LogP contribution in [0.3, 0.4) is 0 Å².